The van der Waals surface area contributed by atoms with Crippen molar-refractivity contribution in [3.8, 4) is 0 Å². The van der Waals surface area contributed by atoms with Gasteiger partial charge in [0.1, 0.15) is 0 Å². The molecular formula is C8H10Br2O7P2. The van der Waals surface area contributed by atoms with Crippen molar-refractivity contribution >= 4 is 47.1 Å². The molecule has 1 aromatic carbocycles. The third-order valence-corrected chi connectivity index (χ3v) is 7.98. The van der Waals surface area contributed by atoms with Crippen molar-refractivity contribution in [2.45, 2.75) is 11.5 Å². The van der Waals surface area contributed by atoms with Crippen molar-refractivity contribution < 1.29 is 33.8 Å². The van der Waals surface area contributed by atoms with E-state index in [9.17, 15) is 14.2 Å². The van der Waals surface area contributed by atoms with Crippen LogP contribution in [-0.2, 0) is 15.6 Å². The Kier molecular flexibility index (Phi) is 5.22. The van der Waals surface area contributed by atoms with Gasteiger partial charge in [0, 0.05) is 15.4 Å². The van der Waals surface area contributed by atoms with Crippen LogP contribution in [0, 0.1) is 0 Å². The molecule has 108 valence electrons. The third-order valence-electron chi connectivity index (χ3n) is 2.36. The van der Waals surface area contributed by atoms with Crippen LogP contribution in [0.15, 0.2) is 27.1 Å². The van der Waals surface area contributed by atoms with E-state index in [1.807, 2.05) is 0 Å². The summed E-state index contributed by atoms with van der Waals surface area (Å²) in [6.45, 7) is 0. The monoisotopic (exact) mass is 438 g/mol. The Morgan fingerprint density at radius 1 is 1.00 bits per heavy atom. The molecule has 0 aliphatic carbocycles. The Hall–Kier alpha value is 0.440. The van der Waals surface area contributed by atoms with Gasteiger partial charge in [-0.05, 0) is 49.6 Å². The van der Waals surface area contributed by atoms with Gasteiger partial charge in [-0.3, -0.25) is 9.13 Å². The van der Waals surface area contributed by atoms with E-state index in [0.717, 1.165) is 0 Å². The minimum absolute atomic E-state index is 0.157. The SMILES string of the molecule is O=P(O)(O)C(O)(Cc1ccc(Br)c(Br)c1)P(=O)(O)O. The van der Waals surface area contributed by atoms with Gasteiger partial charge in [-0.2, -0.15) is 0 Å². The molecule has 1 rings (SSSR count). The van der Waals surface area contributed by atoms with Crippen LogP contribution in [-0.4, -0.2) is 29.8 Å². The van der Waals surface area contributed by atoms with E-state index < -0.39 is 26.7 Å². The zero-order valence-corrected chi connectivity index (χ0v) is 14.1. The van der Waals surface area contributed by atoms with Crippen molar-refractivity contribution in [3.05, 3.63) is 32.7 Å². The zero-order valence-electron chi connectivity index (χ0n) is 9.14. The van der Waals surface area contributed by atoms with Crippen LogP contribution < -0.4 is 0 Å². The second kappa shape index (κ2) is 5.67. The van der Waals surface area contributed by atoms with Crippen LogP contribution in [0.25, 0.3) is 0 Å². The van der Waals surface area contributed by atoms with E-state index in [0.29, 0.717) is 8.95 Å². The zero-order chi connectivity index (χ0) is 15.1. The normalized spacial score (nSPS) is 13.6. The van der Waals surface area contributed by atoms with Gasteiger partial charge < -0.3 is 24.7 Å². The summed E-state index contributed by atoms with van der Waals surface area (Å²) in [7, 11) is -10.9. The molecule has 11 heteroatoms. The average molecular weight is 440 g/mol. The van der Waals surface area contributed by atoms with E-state index in [1.165, 1.54) is 18.2 Å². The van der Waals surface area contributed by atoms with Crippen LogP contribution in [0.4, 0.5) is 0 Å². The molecule has 0 aliphatic heterocycles. The van der Waals surface area contributed by atoms with Gasteiger partial charge in [0.15, 0.2) is 0 Å². The summed E-state index contributed by atoms with van der Waals surface area (Å²) in [5.74, 6) is 0. The van der Waals surface area contributed by atoms with Crippen molar-refractivity contribution in [2.75, 3.05) is 0 Å². The molecule has 0 aliphatic rings. The van der Waals surface area contributed by atoms with E-state index >= 15 is 0 Å². The largest absolute Gasteiger partial charge is 0.369 e. The molecule has 0 saturated heterocycles. The lowest BCUT2D eigenvalue weighted by molar-refractivity contribution is 0.131. The van der Waals surface area contributed by atoms with Gasteiger partial charge >= 0.3 is 15.2 Å². The molecule has 0 fully saturated rings. The summed E-state index contributed by atoms with van der Waals surface area (Å²) >= 11 is 6.31. The van der Waals surface area contributed by atoms with Gasteiger partial charge in [-0.25, -0.2) is 0 Å². The van der Waals surface area contributed by atoms with Crippen LogP contribution in [0.1, 0.15) is 5.56 Å². The molecular weight excluding hydrogens is 430 g/mol. The molecule has 0 amide bonds. The summed E-state index contributed by atoms with van der Waals surface area (Å²) in [6.07, 6.45) is -0.882. The first kappa shape index (κ1) is 17.5. The maximum atomic E-state index is 11.2. The van der Waals surface area contributed by atoms with Gasteiger partial charge in [-0.1, -0.05) is 6.07 Å². The van der Waals surface area contributed by atoms with Crippen molar-refractivity contribution in [2.24, 2.45) is 0 Å². The van der Waals surface area contributed by atoms with E-state index in [1.54, 1.807) is 0 Å². The Labute approximate surface area is 125 Å². The first-order valence-electron chi connectivity index (χ1n) is 4.66. The molecule has 0 radical (unpaired) electrons. The molecule has 5 N–H and O–H groups in total. The van der Waals surface area contributed by atoms with Crippen LogP contribution in [0.2, 0.25) is 0 Å². The predicted octanol–water partition coefficient (Wildman–Crippen LogP) is 1.76. The molecule has 19 heavy (non-hydrogen) atoms. The van der Waals surface area contributed by atoms with Crippen LogP contribution in [0.3, 0.4) is 0 Å². The minimum Gasteiger partial charge on any atom is -0.367 e. The molecule has 0 heterocycles. The number of benzene rings is 1. The summed E-state index contributed by atoms with van der Waals surface area (Å²) in [6, 6.07) is 4.28. The molecule has 0 saturated carbocycles. The van der Waals surface area contributed by atoms with E-state index in [2.05, 4.69) is 31.9 Å². The van der Waals surface area contributed by atoms with E-state index in [-0.39, 0.29) is 5.56 Å². The maximum Gasteiger partial charge on any atom is 0.369 e. The summed E-state index contributed by atoms with van der Waals surface area (Å²) in [5, 5.41) is 6.31. The van der Waals surface area contributed by atoms with Crippen molar-refractivity contribution in [1.29, 1.82) is 0 Å². The summed E-state index contributed by atoms with van der Waals surface area (Å²) < 4.78 is 23.5. The second-order valence-electron chi connectivity index (χ2n) is 3.79. The molecule has 0 bridgehead atoms. The van der Waals surface area contributed by atoms with E-state index in [4.69, 9.17) is 19.6 Å². The Morgan fingerprint density at radius 2 is 1.47 bits per heavy atom. The first-order valence-corrected chi connectivity index (χ1v) is 9.47. The lowest BCUT2D eigenvalue weighted by Gasteiger charge is -2.29. The fourth-order valence-corrected chi connectivity index (χ4v) is 4.11. The average Bonchev–Trinajstić information content (AvgIpc) is 2.20. The van der Waals surface area contributed by atoms with Gasteiger partial charge in [0.25, 0.3) is 5.08 Å². The molecule has 0 atom stereocenters. The highest BCUT2D eigenvalue weighted by atomic mass is 79.9. The van der Waals surface area contributed by atoms with Crippen LogP contribution >= 0.6 is 47.1 Å². The standard InChI is InChI=1S/C8H10Br2O7P2/c9-6-2-1-5(3-7(6)10)4-8(11,18(12,13)14)19(15,16)17/h1-3,11H,4H2,(H2,12,13,14)(H2,15,16,17). The lowest BCUT2D eigenvalue weighted by Crippen LogP contribution is -2.31. The Morgan fingerprint density at radius 3 is 1.84 bits per heavy atom. The number of hydrogen-bond donors (Lipinski definition) is 5. The topological polar surface area (TPSA) is 135 Å². The Bertz CT molecular complexity index is 556. The van der Waals surface area contributed by atoms with Gasteiger partial charge in [0.2, 0.25) is 0 Å². The molecule has 7 nitrogen and oxygen atoms in total. The Balaban J connectivity index is 3.28. The van der Waals surface area contributed by atoms with Crippen molar-refractivity contribution in [1.82, 2.24) is 0 Å². The molecule has 1 aromatic rings. The third kappa shape index (κ3) is 3.75. The minimum atomic E-state index is -5.44. The number of hydrogen-bond acceptors (Lipinski definition) is 3. The molecule has 0 unspecified atom stereocenters. The summed E-state index contributed by atoms with van der Waals surface area (Å²) in [4.78, 5) is 36.0. The van der Waals surface area contributed by atoms with Gasteiger partial charge in [0.05, 0.1) is 0 Å². The van der Waals surface area contributed by atoms with Crippen molar-refractivity contribution in [3.63, 3.8) is 0 Å². The fourth-order valence-electron chi connectivity index (χ4n) is 1.30. The predicted molar refractivity (Wildman–Crippen MR) is 74.6 cm³/mol. The lowest BCUT2D eigenvalue weighted by atomic mass is 10.2. The molecule has 0 aromatic heterocycles. The number of halogens is 2. The van der Waals surface area contributed by atoms with Crippen LogP contribution in [0.5, 0.6) is 0 Å². The highest BCUT2D eigenvalue weighted by Gasteiger charge is 2.59. The molecule has 0 spiro atoms. The first-order chi connectivity index (χ1) is 8.38. The number of aliphatic hydroxyl groups is 1. The maximum absolute atomic E-state index is 11.2. The quantitative estimate of drug-likeness (QED) is 0.451. The highest BCUT2D eigenvalue weighted by Crippen LogP contribution is 2.68. The number of rotatable bonds is 4. The highest BCUT2D eigenvalue weighted by molar-refractivity contribution is 9.13. The smallest absolute Gasteiger partial charge is 0.367 e. The second-order valence-corrected chi connectivity index (χ2v) is 9.50. The fraction of sp³-hybridized carbons (Fsp3) is 0.250. The summed E-state index contributed by atoms with van der Waals surface area (Å²) in [5.41, 5.74) is 0.157. The van der Waals surface area contributed by atoms with Gasteiger partial charge in [-0.15, -0.1) is 0 Å².